The zero-order valence-corrected chi connectivity index (χ0v) is 12.7. The largest absolute Gasteiger partial charge is 0.480 e. The Morgan fingerprint density at radius 3 is 2.45 bits per heavy atom. The number of hydrogen-bond acceptors (Lipinski definition) is 4. The lowest BCUT2D eigenvalue weighted by Gasteiger charge is -2.15. The molecule has 0 amide bonds. The highest BCUT2D eigenvalue weighted by Crippen LogP contribution is 2.23. The average molecular weight is 303 g/mol. The number of benzene rings is 1. The zero-order chi connectivity index (χ0) is 16.4. The van der Waals surface area contributed by atoms with E-state index in [1.807, 2.05) is 38.1 Å². The fourth-order valence-corrected chi connectivity index (χ4v) is 2.37. The number of aliphatic carboxylic acids is 1. The molecule has 0 aliphatic carbocycles. The van der Waals surface area contributed by atoms with Crippen molar-refractivity contribution in [2.75, 3.05) is 0 Å². The molecule has 22 heavy (non-hydrogen) atoms. The predicted molar refractivity (Wildman–Crippen MR) is 84.7 cm³/mol. The number of nitrogens with two attached hydrogens (primary N) is 2. The molecule has 1 aromatic heterocycles. The Balaban J connectivity index is 2.48. The smallest absolute Gasteiger partial charge is 0.320 e. The fraction of sp³-hybridized carbons (Fsp3) is 0.375. The Morgan fingerprint density at radius 1 is 1.23 bits per heavy atom. The van der Waals surface area contributed by atoms with Crippen LogP contribution in [0.3, 0.4) is 0 Å². The maximum Gasteiger partial charge on any atom is 0.320 e. The highest BCUT2D eigenvalue weighted by molar-refractivity contribution is 5.96. The van der Waals surface area contributed by atoms with Gasteiger partial charge in [0.2, 0.25) is 5.91 Å². The van der Waals surface area contributed by atoms with Gasteiger partial charge in [0.15, 0.2) is 0 Å². The van der Waals surface area contributed by atoms with Gasteiger partial charge in [-0.15, -0.1) is 0 Å². The van der Waals surface area contributed by atoms with Crippen molar-refractivity contribution in [1.82, 2.24) is 4.57 Å². The molecule has 0 saturated heterocycles. The van der Waals surface area contributed by atoms with Crippen LogP contribution in [0.1, 0.15) is 24.2 Å². The summed E-state index contributed by atoms with van der Waals surface area (Å²) in [5.74, 6) is -1.26. The Kier molecular flexibility index (Phi) is 4.63. The van der Waals surface area contributed by atoms with Crippen molar-refractivity contribution >= 4 is 22.8 Å². The molecular weight excluding hydrogens is 282 g/mol. The lowest BCUT2D eigenvalue weighted by molar-refractivity contribution is -0.138. The van der Waals surface area contributed by atoms with E-state index in [0.29, 0.717) is 0 Å². The van der Waals surface area contributed by atoms with Gasteiger partial charge in [-0.25, -0.2) is 0 Å². The predicted octanol–water partition coefficient (Wildman–Crippen LogP) is 1.22. The highest BCUT2D eigenvalue weighted by Gasteiger charge is 2.23. The van der Waals surface area contributed by atoms with Crippen molar-refractivity contribution in [1.29, 1.82) is 0 Å². The highest BCUT2D eigenvalue weighted by atomic mass is 16.4. The number of fused-ring (bicyclic) bond motifs is 1. The molecule has 0 aliphatic heterocycles. The molecule has 6 nitrogen and oxygen atoms in total. The van der Waals surface area contributed by atoms with E-state index in [9.17, 15) is 9.59 Å². The van der Waals surface area contributed by atoms with Gasteiger partial charge in [0.25, 0.3) is 0 Å². The molecule has 5 N–H and O–H groups in total. The normalized spacial score (nSPS) is 14.2. The van der Waals surface area contributed by atoms with Crippen LogP contribution in [0, 0.1) is 5.92 Å². The second-order valence-electron chi connectivity index (χ2n) is 5.80. The van der Waals surface area contributed by atoms with E-state index in [1.165, 1.54) is 4.57 Å². The second kappa shape index (κ2) is 6.29. The molecule has 1 heterocycles. The lowest BCUT2D eigenvalue weighted by Crippen LogP contribution is -2.38. The van der Waals surface area contributed by atoms with Gasteiger partial charge in [-0.05, 0) is 17.5 Å². The number of carboxylic acid groups (broad SMARTS) is 1. The number of carboxylic acids is 1. The summed E-state index contributed by atoms with van der Waals surface area (Å²) in [4.78, 5) is 23.5. The Bertz CT molecular complexity index is 706. The number of para-hydroxylation sites is 1. The van der Waals surface area contributed by atoms with Crippen molar-refractivity contribution in [2.24, 2.45) is 17.4 Å². The zero-order valence-electron chi connectivity index (χ0n) is 12.7. The molecule has 0 unspecified atom stereocenters. The van der Waals surface area contributed by atoms with E-state index < -0.39 is 18.1 Å². The molecule has 2 aromatic rings. The number of carbonyl (C=O) groups excluding carboxylic acids is 1. The Morgan fingerprint density at radius 2 is 1.86 bits per heavy atom. The van der Waals surface area contributed by atoms with Gasteiger partial charge in [0, 0.05) is 18.0 Å². The van der Waals surface area contributed by atoms with Gasteiger partial charge in [-0.3, -0.25) is 14.2 Å². The van der Waals surface area contributed by atoms with E-state index in [2.05, 4.69) is 0 Å². The summed E-state index contributed by atoms with van der Waals surface area (Å²) in [6, 6.07) is 5.72. The topological polar surface area (TPSA) is 111 Å². The van der Waals surface area contributed by atoms with E-state index >= 15 is 0 Å². The third kappa shape index (κ3) is 3.03. The summed E-state index contributed by atoms with van der Waals surface area (Å²) in [5.41, 5.74) is 13.0. The first-order chi connectivity index (χ1) is 10.3. The average Bonchev–Trinajstić information content (AvgIpc) is 2.84. The molecule has 1 aromatic carbocycles. The van der Waals surface area contributed by atoms with Crippen LogP contribution in [0.4, 0.5) is 0 Å². The molecule has 0 aliphatic rings. The summed E-state index contributed by atoms with van der Waals surface area (Å²) in [7, 11) is 0. The first kappa shape index (κ1) is 16.2. The van der Waals surface area contributed by atoms with Gasteiger partial charge in [0.05, 0.1) is 11.6 Å². The minimum Gasteiger partial charge on any atom is -0.480 e. The van der Waals surface area contributed by atoms with E-state index in [4.69, 9.17) is 16.6 Å². The van der Waals surface area contributed by atoms with Gasteiger partial charge in [-0.2, -0.15) is 0 Å². The summed E-state index contributed by atoms with van der Waals surface area (Å²) in [6.07, 6.45) is 1.81. The first-order valence-corrected chi connectivity index (χ1v) is 7.20. The first-order valence-electron chi connectivity index (χ1n) is 7.20. The lowest BCUT2D eigenvalue weighted by atomic mass is 10.0. The van der Waals surface area contributed by atoms with E-state index in [-0.39, 0.29) is 18.2 Å². The van der Waals surface area contributed by atoms with Crippen LogP contribution >= 0.6 is 0 Å². The molecule has 2 atom stereocenters. The summed E-state index contributed by atoms with van der Waals surface area (Å²) in [5, 5.41) is 9.80. The molecule has 0 radical (unpaired) electrons. The summed E-state index contributed by atoms with van der Waals surface area (Å²) >= 11 is 0. The van der Waals surface area contributed by atoms with Gasteiger partial charge < -0.3 is 16.6 Å². The van der Waals surface area contributed by atoms with Crippen LogP contribution in [0.2, 0.25) is 0 Å². The molecule has 118 valence electrons. The molecular formula is C16H21N3O3. The number of rotatable bonds is 5. The molecule has 0 fully saturated rings. The molecule has 0 bridgehead atoms. The van der Waals surface area contributed by atoms with Crippen LogP contribution in [0.5, 0.6) is 0 Å². The van der Waals surface area contributed by atoms with Gasteiger partial charge >= 0.3 is 5.97 Å². The van der Waals surface area contributed by atoms with Crippen molar-refractivity contribution < 1.29 is 14.7 Å². The fourth-order valence-electron chi connectivity index (χ4n) is 2.37. The van der Waals surface area contributed by atoms with Crippen LogP contribution in [-0.4, -0.2) is 33.6 Å². The van der Waals surface area contributed by atoms with Crippen molar-refractivity contribution in [3.63, 3.8) is 0 Å². The number of hydrogen-bond donors (Lipinski definition) is 3. The third-order valence-electron chi connectivity index (χ3n) is 3.79. The van der Waals surface area contributed by atoms with Crippen molar-refractivity contribution in [3.8, 4) is 0 Å². The van der Waals surface area contributed by atoms with Gasteiger partial charge in [-0.1, -0.05) is 32.0 Å². The van der Waals surface area contributed by atoms with Crippen LogP contribution in [0.15, 0.2) is 30.5 Å². The standard InChI is InChI=1S/C16H21N3O3/c1-9(2)14(18)15(20)19-8-10(7-12(17)16(21)22)11-5-3-4-6-13(11)19/h3-6,8-9,12,14H,7,17-18H2,1-2H3,(H,21,22)/t12-,14-/m0/s1. The third-order valence-corrected chi connectivity index (χ3v) is 3.79. The molecule has 2 rings (SSSR count). The summed E-state index contributed by atoms with van der Waals surface area (Å²) in [6.45, 7) is 3.77. The van der Waals surface area contributed by atoms with Crippen molar-refractivity contribution in [2.45, 2.75) is 32.4 Å². The van der Waals surface area contributed by atoms with Crippen LogP contribution in [0.25, 0.3) is 10.9 Å². The van der Waals surface area contributed by atoms with E-state index in [1.54, 1.807) is 6.20 Å². The maximum absolute atomic E-state index is 12.5. The minimum absolute atomic E-state index is 0.0124. The van der Waals surface area contributed by atoms with Crippen LogP contribution < -0.4 is 11.5 Å². The monoisotopic (exact) mass is 303 g/mol. The minimum atomic E-state index is -1.07. The molecule has 0 saturated carbocycles. The Hall–Kier alpha value is -2.18. The molecule has 6 heteroatoms. The van der Waals surface area contributed by atoms with Crippen molar-refractivity contribution in [3.05, 3.63) is 36.0 Å². The molecule has 0 spiro atoms. The number of carbonyl (C=O) groups is 2. The quantitative estimate of drug-likeness (QED) is 0.769. The SMILES string of the molecule is CC(C)[C@H](N)C(=O)n1cc(C[C@H](N)C(=O)O)c2ccccc21. The number of nitrogens with zero attached hydrogens (tertiary/aromatic N) is 1. The maximum atomic E-state index is 12.5. The number of aromatic nitrogens is 1. The van der Waals surface area contributed by atoms with E-state index in [0.717, 1.165) is 16.5 Å². The Labute approximate surface area is 128 Å². The second-order valence-corrected chi connectivity index (χ2v) is 5.80. The van der Waals surface area contributed by atoms with Gasteiger partial charge in [0.1, 0.15) is 6.04 Å². The summed E-state index contributed by atoms with van der Waals surface area (Å²) < 4.78 is 1.50. The van der Waals surface area contributed by atoms with Crippen LogP contribution in [-0.2, 0) is 11.2 Å².